The standard InChI is InChI=1S/C16H17N3O5S2/c1-10-8-12(18-24-10)15(20)17-16-19(6-7-23-2)13-5-4-11(26(3,21)22)9-14(13)25-16/h4-5,8-9H,6-7H2,1-3H3. The van der Waals surface area contributed by atoms with Crippen LogP contribution in [0, 0.1) is 6.92 Å². The molecule has 1 amide bonds. The van der Waals surface area contributed by atoms with Crippen molar-refractivity contribution in [3.63, 3.8) is 0 Å². The summed E-state index contributed by atoms with van der Waals surface area (Å²) in [5.41, 5.74) is 0.900. The number of rotatable bonds is 5. The maximum atomic E-state index is 12.3. The Hall–Kier alpha value is -2.30. The number of amides is 1. The largest absolute Gasteiger partial charge is 0.383 e. The van der Waals surface area contributed by atoms with Gasteiger partial charge in [-0.2, -0.15) is 4.99 Å². The van der Waals surface area contributed by atoms with Gasteiger partial charge in [0.05, 0.1) is 21.7 Å². The molecule has 2 aromatic heterocycles. The Balaban J connectivity index is 2.16. The lowest BCUT2D eigenvalue weighted by molar-refractivity contribution is 0.0988. The maximum absolute atomic E-state index is 12.3. The van der Waals surface area contributed by atoms with Gasteiger partial charge in [0.15, 0.2) is 20.3 Å². The maximum Gasteiger partial charge on any atom is 0.301 e. The van der Waals surface area contributed by atoms with Crippen molar-refractivity contribution in [3.8, 4) is 0 Å². The van der Waals surface area contributed by atoms with Crippen LogP contribution in [0.2, 0.25) is 0 Å². The number of sulfone groups is 1. The Morgan fingerprint density at radius 3 is 2.77 bits per heavy atom. The van der Waals surface area contributed by atoms with E-state index in [1.54, 1.807) is 32.2 Å². The SMILES string of the molecule is COCCn1c(=NC(=O)c2cc(C)on2)sc2cc(S(C)(=O)=O)ccc21. The summed E-state index contributed by atoms with van der Waals surface area (Å²) >= 11 is 1.23. The molecule has 138 valence electrons. The lowest BCUT2D eigenvalue weighted by Gasteiger charge is -2.04. The van der Waals surface area contributed by atoms with E-state index in [9.17, 15) is 13.2 Å². The zero-order chi connectivity index (χ0) is 18.9. The van der Waals surface area contributed by atoms with Gasteiger partial charge in [-0.25, -0.2) is 8.42 Å². The first-order valence-corrected chi connectivity index (χ1v) is 10.3. The molecule has 2 heterocycles. The second kappa shape index (κ2) is 7.14. The summed E-state index contributed by atoms with van der Waals surface area (Å²) in [6.45, 7) is 2.58. The molecule has 10 heteroatoms. The molecule has 0 unspecified atom stereocenters. The van der Waals surface area contributed by atoms with Crippen LogP contribution in [0.25, 0.3) is 10.2 Å². The first-order valence-electron chi connectivity index (χ1n) is 7.64. The molecule has 0 radical (unpaired) electrons. The van der Waals surface area contributed by atoms with Crippen LogP contribution in [0.5, 0.6) is 0 Å². The number of carbonyl (C=O) groups is 1. The van der Waals surface area contributed by atoms with Crippen LogP contribution in [0.3, 0.4) is 0 Å². The highest BCUT2D eigenvalue weighted by molar-refractivity contribution is 7.90. The van der Waals surface area contributed by atoms with Gasteiger partial charge in [-0.1, -0.05) is 16.5 Å². The summed E-state index contributed by atoms with van der Waals surface area (Å²) in [4.78, 5) is 17.1. The molecule has 0 saturated carbocycles. The van der Waals surface area contributed by atoms with E-state index >= 15 is 0 Å². The first-order chi connectivity index (χ1) is 12.3. The van der Waals surface area contributed by atoms with Crippen LogP contribution < -0.4 is 4.80 Å². The number of nitrogens with zero attached hydrogens (tertiary/aromatic N) is 3. The van der Waals surface area contributed by atoms with E-state index in [0.717, 1.165) is 11.8 Å². The number of fused-ring (bicyclic) bond motifs is 1. The third-order valence-corrected chi connectivity index (χ3v) is 5.80. The van der Waals surface area contributed by atoms with E-state index in [2.05, 4.69) is 10.1 Å². The molecule has 0 saturated heterocycles. The van der Waals surface area contributed by atoms with Crippen LogP contribution in [0.4, 0.5) is 0 Å². The van der Waals surface area contributed by atoms with Crippen molar-refractivity contribution >= 4 is 37.3 Å². The van der Waals surface area contributed by atoms with Crippen molar-refractivity contribution in [2.45, 2.75) is 18.4 Å². The molecule has 0 N–H and O–H groups in total. The predicted octanol–water partition coefficient (Wildman–Crippen LogP) is 1.79. The second-order valence-electron chi connectivity index (χ2n) is 5.67. The molecule has 1 aromatic carbocycles. The van der Waals surface area contributed by atoms with Crippen LogP contribution in [-0.2, 0) is 21.1 Å². The van der Waals surface area contributed by atoms with Gasteiger partial charge in [-0.3, -0.25) is 4.79 Å². The second-order valence-corrected chi connectivity index (χ2v) is 8.70. The minimum absolute atomic E-state index is 0.120. The highest BCUT2D eigenvalue weighted by Gasteiger charge is 2.14. The molecule has 3 aromatic rings. The van der Waals surface area contributed by atoms with E-state index in [1.807, 2.05) is 4.57 Å². The molecule has 8 nitrogen and oxygen atoms in total. The smallest absolute Gasteiger partial charge is 0.301 e. The average molecular weight is 395 g/mol. The van der Waals surface area contributed by atoms with Crippen molar-refractivity contribution in [1.29, 1.82) is 0 Å². The molecular formula is C16H17N3O5S2. The quantitative estimate of drug-likeness (QED) is 0.652. The Bertz CT molecular complexity index is 1140. The number of aryl methyl sites for hydroxylation is 1. The highest BCUT2D eigenvalue weighted by Crippen LogP contribution is 2.22. The number of ether oxygens (including phenoxy) is 1. The van der Waals surface area contributed by atoms with Crippen LogP contribution in [-0.4, -0.2) is 44.0 Å². The zero-order valence-electron chi connectivity index (χ0n) is 14.4. The molecule has 0 bridgehead atoms. The minimum Gasteiger partial charge on any atom is -0.383 e. The molecule has 0 aliphatic rings. The minimum atomic E-state index is -3.33. The zero-order valence-corrected chi connectivity index (χ0v) is 16.1. The summed E-state index contributed by atoms with van der Waals surface area (Å²) in [7, 11) is -1.74. The number of aromatic nitrogens is 2. The molecule has 0 fully saturated rings. The number of benzene rings is 1. The van der Waals surface area contributed by atoms with Gasteiger partial charge in [-0.05, 0) is 25.1 Å². The Morgan fingerprint density at radius 1 is 1.38 bits per heavy atom. The van der Waals surface area contributed by atoms with Gasteiger partial charge in [-0.15, -0.1) is 0 Å². The van der Waals surface area contributed by atoms with E-state index in [-0.39, 0.29) is 10.6 Å². The van der Waals surface area contributed by atoms with Gasteiger partial charge in [0, 0.05) is 26.0 Å². The molecule has 26 heavy (non-hydrogen) atoms. The third kappa shape index (κ3) is 3.76. The van der Waals surface area contributed by atoms with Crippen LogP contribution in [0.15, 0.2) is 38.7 Å². The summed E-state index contributed by atoms with van der Waals surface area (Å²) < 4.78 is 36.1. The number of methoxy groups -OCH3 is 1. The van der Waals surface area contributed by atoms with Gasteiger partial charge >= 0.3 is 5.91 Å². The van der Waals surface area contributed by atoms with E-state index in [4.69, 9.17) is 9.26 Å². The topological polar surface area (TPSA) is 104 Å². The number of carbonyl (C=O) groups excluding carboxylic acids is 1. The fourth-order valence-corrected chi connectivity index (χ4v) is 4.20. The van der Waals surface area contributed by atoms with Gasteiger partial charge in [0.1, 0.15) is 5.76 Å². The molecular weight excluding hydrogens is 378 g/mol. The average Bonchev–Trinajstić information content (AvgIpc) is 3.15. The van der Waals surface area contributed by atoms with Crippen molar-refractivity contribution in [1.82, 2.24) is 9.72 Å². The molecule has 0 atom stereocenters. The number of hydrogen-bond acceptors (Lipinski definition) is 7. The number of thiazole rings is 1. The third-order valence-electron chi connectivity index (χ3n) is 3.65. The Morgan fingerprint density at radius 2 is 2.15 bits per heavy atom. The van der Waals surface area contributed by atoms with Gasteiger partial charge in [0.2, 0.25) is 0 Å². The fourth-order valence-electron chi connectivity index (χ4n) is 2.38. The number of hydrogen-bond donors (Lipinski definition) is 0. The van der Waals surface area contributed by atoms with Gasteiger partial charge < -0.3 is 13.8 Å². The van der Waals surface area contributed by atoms with E-state index in [1.165, 1.54) is 17.4 Å². The van der Waals surface area contributed by atoms with Gasteiger partial charge in [0.25, 0.3) is 0 Å². The summed E-state index contributed by atoms with van der Waals surface area (Å²) in [5.74, 6) is -0.00662. The lowest BCUT2D eigenvalue weighted by Crippen LogP contribution is -2.19. The molecule has 0 aliphatic heterocycles. The van der Waals surface area contributed by atoms with Crippen molar-refractivity contribution < 1.29 is 22.5 Å². The molecule has 0 spiro atoms. The lowest BCUT2D eigenvalue weighted by atomic mass is 10.3. The molecule has 3 rings (SSSR count). The monoisotopic (exact) mass is 395 g/mol. The van der Waals surface area contributed by atoms with Crippen molar-refractivity contribution in [2.75, 3.05) is 20.0 Å². The summed E-state index contributed by atoms with van der Waals surface area (Å²) in [5, 5.41) is 3.68. The van der Waals surface area contributed by atoms with Crippen LogP contribution in [0.1, 0.15) is 16.2 Å². The summed E-state index contributed by atoms with van der Waals surface area (Å²) in [6.07, 6.45) is 1.16. The first kappa shape index (κ1) is 18.5. The van der Waals surface area contributed by atoms with Crippen molar-refractivity contribution in [3.05, 3.63) is 40.5 Å². The van der Waals surface area contributed by atoms with Crippen molar-refractivity contribution in [2.24, 2.45) is 4.99 Å². The predicted molar refractivity (Wildman–Crippen MR) is 95.9 cm³/mol. The Labute approximate surface area is 153 Å². The highest BCUT2D eigenvalue weighted by atomic mass is 32.2. The normalized spacial score (nSPS) is 12.8. The summed E-state index contributed by atoms with van der Waals surface area (Å²) in [6, 6.07) is 6.35. The van der Waals surface area contributed by atoms with E-state index in [0.29, 0.717) is 28.4 Å². The fraction of sp³-hybridized carbons (Fsp3) is 0.312. The van der Waals surface area contributed by atoms with E-state index < -0.39 is 15.7 Å². The molecule has 0 aliphatic carbocycles. The Kier molecular flexibility index (Phi) is 5.08. The van der Waals surface area contributed by atoms with Crippen LogP contribution >= 0.6 is 11.3 Å².